The van der Waals surface area contributed by atoms with Gasteiger partial charge in [-0.25, -0.2) is 12.8 Å². The molecule has 40 heavy (non-hydrogen) atoms. The Bertz CT molecular complexity index is 1460. The van der Waals surface area contributed by atoms with E-state index in [0.717, 1.165) is 15.4 Å². The minimum Gasteiger partial charge on any atom is -0.350 e. The summed E-state index contributed by atoms with van der Waals surface area (Å²) in [6.07, 6.45) is 0. The second-order valence-electron chi connectivity index (χ2n) is 11.2. The quantitative estimate of drug-likeness (QED) is 0.381. The van der Waals surface area contributed by atoms with Gasteiger partial charge in [-0.05, 0) is 95.5 Å². The average Bonchev–Trinajstić information content (AvgIpc) is 2.87. The van der Waals surface area contributed by atoms with E-state index in [1.165, 1.54) is 41.3 Å². The molecule has 214 valence electrons. The number of benzene rings is 3. The Morgan fingerprint density at radius 2 is 1.48 bits per heavy atom. The zero-order valence-corrected chi connectivity index (χ0v) is 25.0. The van der Waals surface area contributed by atoms with Crippen LogP contribution in [-0.2, 0) is 26.2 Å². The zero-order valence-electron chi connectivity index (χ0n) is 24.2. The SMILES string of the molecule is Cc1ccc(S(=O)(=O)N(CC(=O)N(Cc2ccc(F)cc2)[C@@H](C)C(=O)NC(C)(C)C)c2cc(C)ccc2C)cc1. The van der Waals surface area contributed by atoms with E-state index >= 15 is 0 Å². The molecule has 0 fully saturated rings. The smallest absolute Gasteiger partial charge is 0.264 e. The number of amides is 2. The van der Waals surface area contributed by atoms with Crippen molar-refractivity contribution in [2.45, 2.75) is 71.5 Å². The maximum atomic E-state index is 14.0. The summed E-state index contributed by atoms with van der Waals surface area (Å²) in [5.74, 6) is -1.38. The van der Waals surface area contributed by atoms with Crippen LogP contribution in [0.25, 0.3) is 0 Å². The first kappa shape index (κ1) is 30.8. The summed E-state index contributed by atoms with van der Waals surface area (Å²) in [6.45, 7) is 12.0. The van der Waals surface area contributed by atoms with Crippen LogP contribution in [0.3, 0.4) is 0 Å². The zero-order chi connectivity index (χ0) is 29.8. The first-order valence-corrected chi connectivity index (χ1v) is 14.5. The van der Waals surface area contributed by atoms with Crippen molar-refractivity contribution in [2.75, 3.05) is 10.8 Å². The maximum Gasteiger partial charge on any atom is 0.264 e. The van der Waals surface area contributed by atoms with Crippen molar-refractivity contribution in [1.29, 1.82) is 0 Å². The topological polar surface area (TPSA) is 86.8 Å². The fourth-order valence-electron chi connectivity index (χ4n) is 4.18. The number of nitrogens with one attached hydrogen (secondary N) is 1. The Kier molecular flexibility index (Phi) is 9.40. The fraction of sp³-hybridized carbons (Fsp3) is 0.355. The average molecular weight is 568 g/mol. The third kappa shape index (κ3) is 7.69. The van der Waals surface area contributed by atoms with Gasteiger partial charge in [-0.3, -0.25) is 13.9 Å². The van der Waals surface area contributed by atoms with E-state index in [2.05, 4.69) is 5.32 Å². The molecule has 3 aromatic carbocycles. The Hall–Kier alpha value is -3.72. The summed E-state index contributed by atoms with van der Waals surface area (Å²) in [5, 5.41) is 2.89. The van der Waals surface area contributed by atoms with E-state index in [4.69, 9.17) is 0 Å². The van der Waals surface area contributed by atoms with Crippen molar-refractivity contribution in [3.8, 4) is 0 Å². The number of aryl methyl sites for hydroxylation is 3. The Morgan fingerprint density at radius 1 is 0.900 bits per heavy atom. The third-order valence-corrected chi connectivity index (χ3v) is 8.23. The lowest BCUT2D eigenvalue weighted by atomic mass is 10.1. The van der Waals surface area contributed by atoms with Crippen LogP contribution in [0.4, 0.5) is 10.1 Å². The third-order valence-electron chi connectivity index (χ3n) is 6.45. The Morgan fingerprint density at radius 3 is 2.05 bits per heavy atom. The Balaban J connectivity index is 2.08. The maximum absolute atomic E-state index is 14.0. The van der Waals surface area contributed by atoms with Crippen LogP contribution in [0.2, 0.25) is 0 Å². The number of carbonyl (C=O) groups excluding carboxylic acids is 2. The monoisotopic (exact) mass is 567 g/mol. The molecule has 0 radical (unpaired) electrons. The second kappa shape index (κ2) is 12.2. The van der Waals surface area contributed by atoms with Gasteiger partial charge < -0.3 is 10.2 Å². The molecule has 2 amide bonds. The molecule has 7 nitrogen and oxygen atoms in total. The minimum atomic E-state index is -4.16. The normalized spacial score (nSPS) is 12.5. The lowest BCUT2D eigenvalue weighted by Crippen LogP contribution is -2.54. The molecule has 9 heteroatoms. The molecule has 0 bridgehead atoms. The van der Waals surface area contributed by atoms with Crippen molar-refractivity contribution in [2.24, 2.45) is 0 Å². The van der Waals surface area contributed by atoms with Crippen molar-refractivity contribution in [3.63, 3.8) is 0 Å². The van der Waals surface area contributed by atoms with Gasteiger partial charge in [-0.1, -0.05) is 42.0 Å². The minimum absolute atomic E-state index is 0.0109. The standard InChI is InChI=1S/C31H38FN3O4S/c1-21-9-16-27(17-10-21)40(38,39)35(28-18-22(2)8-11-23(28)3)20-29(36)34(19-25-12-14-26(32)15-13-25)24(4)30(37)33-31(5,6)7/h8-18,24H,19-20H2,1-7H3,(H,33,37)/t24-/m0/s1. The first-order chi connectivity index (χ1) is 18.6. The molecular formula is C31H38FN3O4S. The molecular weight excluding hydrogens is 529 g/mol. The van der Waals surface area contributed by atoms with E-state index < -0.39 is 39.9 Å². The molecule has 1 N–H and O–H groups in total. The van der Waals surface area contributed by atoms with Crippen LogP contribution in [0, 0.1) is 26.6 Å². The number of sulfonamides is 1. The first-order valence-electron chi connectivity index (χ1n) is 13.1. The molecule has 3 aromatic rings. The van der Waals surface area contributed by atoms with Gasteiger partial charge in [-0.2, -0.15) is 0 Å². The van der Waals surface area contributed by atoms with Gasteiger partial charge in [0.1, 0.15) is 18.4 Å². The number of hydrogen-bond donors (Lipinski definition) is 1. The number of halogens is 1. The van der Waals surface area contributed by atoms with E-state index in [1.54, 1.807) is 32.0 Å². The van der Waals surface area contributed by atoms with Crippen LogP contribution in [0.1, 0.15) is 49.9 Å². The highest BCUT2D eigenvalue weighted by molar-refractivity contribution is 7.92. The molecule has 0 aliphatic rings. The van der Waals surface area contributed by atoms with Crippen molar-refractivity contribution in [1.82, 2.24) is 10.2 Å². The van der Waals surface area contributed by atoms with Crippen LogP contribution in [0.15, 0.2) is 71.6 Å². The summed E-state index contributed by atoms with van der Waals surface area (Å²) in [5.41, 5.74) is 2.84. The largest absolute Gasteiger partial charge is 0.350 e. The molecule has 0 aliphatic heterocycles. The van der Waals surface area contributed by atoms with Crippen molar-refractivity contribution >= 4 is 27.5 Å². The van der Waals surface area contributed by atoms with E-state index in [9.17, 15) is 22.4 Å². The summed E-state index contributed by atoms with van der Waals surface area (Å²) in [4.78, 5) is 28.5. The summed E-state index contributed by atoms with van der Waals surface area (Å²) in [6, 6.07) is 16.6. The molecule has 0 aromatic heterocycles. The Labute approximate surface area is 237 Å². The highest BCUT2D eigenvalue weighted by atomic mass is 32.2. The molecule has 0 aliphatic carbocycles. The van der Waals surface area contributed by atoms with Gasteiger partial charge >= 0.3 is 0 Å². The van der Waals surface area contributed by atoms with Gasteiger partial charge in [0.15, 0.2) is 0 Å². The van der Waals surface area contributed by atoms with Gasteiger partial charge in [0.05, 0.1) is 10.6 Å². The van der Waals surface area contributed by atoms with Crippen molar-refractivity contribution < 1.29 is 22.4 Å². The van der Waals surface area contributed by atoms with Crippen LogP contribution < -0.4 is 9.62 Å². The lowest BCUT2D eigenvalue weighted by Gasteiger charge is -2.34. The number of anilines is 1. The van der Waals surface area contributed by atoms with Crippen LogP contribution >= 0.6 is 0 Å². The summed E-state index contributed by atoms with van der Waals surface area (Å²) < 4.78 is 42.7. The van der Waals surface area contributed by atoms with Gasteiger partial charge in [-0.15, -0.1) is 0 Å². The molecule has 0 unspecified atom stereocenters. The number of nitrogens with zero attached hydrogens (tertiary/aromatic N) is 2. The summed E-state index contributed by atoms with van der Waals surface area (Å²) >= 11 is 0. The van der Waals surface area contributed by atoms with Crippen molar-refractivity contribution in [3.05, 3.63) is 94.8 Å². The van der Waals surface area contributed by atoms with E-state index in [1.807, 2.05) is 46.8 Å². The van der Waals surface area contributed by atoms with Gasteiger partial charge in [0, 0.05) is 12.1 Å². The number of carbonyl (C=O) groups is 2. The predicted octanol–water partition coefficient (Wildman–Crippen LogP) is 5.28. The molecule has 0 saturated heterocycles. The highest BCUT2D eigenvalue weighted by Crippen LogP contribution is 2.29. The number of hydrogen-bond acceptors (Lipinski definition) is 4. The predicted molar refractivity (Wildman–Crippen MR) is 156 cm³/mol. The summed E-state index contributed by atoms with van der Waals surface area (Å²) in [7, 11) is -4.16. The molecule has 0 saturated carbocycles. The molecule has 0 heterocycles. The lowest BCUT2D eigenvalue weighted by molar-refractivity contribution is -0.140. The molecule has 0 spiro atoms. The van der Waals surface area contributed by atoms with Crippen LogP contribution in [0.5, 0.6) is 0 Å². The van der Waals surface area contributed by atoms with Gasteiger partial charge in [0.25, 0.3) is 10.0 Å². The highest BCUT2D eigenvalue weighted by Gasteiger charge is 2.34. The van der Waals surface area contributed by atoms with E-state index in [0.29, 0.717) is 16.8 Å². The number of rotatable bonds is 9. The van der Waals surface area contributed by atoms with Crippen LogP contribution in [-0.4, -0.2) is 43.3 Å². The molecule has 1 atom stereocenters. The fourth-order valence-corrected chi connectivity index (χ4v) is 5.65. The molecule has 3 rings (SSSR count). The second-order valence-corrected chi connectivity index (χ2v) is 13.0. The van der Waals surface area contributed by atoms with Gasteiger partial charge in [0.2, 0.25) is 11.8 Å². The van der Waals surface area contributed by atoms with E-state index in [-0.39, 0.29) is 17.3 Å².